The molecule has 1 fully saturated rings. The normalized spacial score (nSPS) is 14.6. The number of hydrogen-bond donors (Lipinski definition) is 2. The zero-order valence-corrected chi connectivity index (χ0v) is 17.4. The summed E-state index contributed by atoms with van der Waals surface area (Å²) in [7, 11) is 0. The van der Waals surface area contributed by atoms with Gasteiger partial charge in [0.05, 0.1) is 16.9 Å². The van der Waals surface area contributed by atoms with Crippen molar-refractivity contribution in [1.29, 1.82) is 0 Å². The molecule has 0 aromatic heterocycles. The number of rotatable bonds is 5. The van der Waals surface area contributed by atoms with Gasteiger partial charge in [-0.05, 0) is 48.7 Å². The average Bonchev–Trinajstić information content (AvgIpc) is 3.01. The second kappa shape index (κ2) is 9.85. The molecule has 31 heavy (non-hydrogen) atoms. The number of benzene rings is 2. The van der Waals surface area contributed by atoms with Gasteiger partial charge in [-0.3, -0.25) is 9.59 Å². The summed E-state index contributed by atoms with van der Waals surface area (Å²) in [5, 5.41) is 5.34. The van der Waals surface area contributed by atoms with Crippen LogP contribution in [0.1, 0.15) is 54.1 Å². The van der Waals surface area contributed by atoms with Crippen molar-refractivity contribution in [1.82, 2.24) is 5.32 Å². The summed E-state index contributed by atoms with van der Waals surface area (Å²) in [4.78, 5) is 25.8. The van der Waals surface area contributed by atoms with E-state index in [1.807, 2.05) is 4.90 Å². The highest BCUT2D eigenvalue weighted by molar-refractivity contribution is 6.06. The summed E-state index contributed by atoms with van der Waals surface area (Å²) < 4.78 is 39.9. The lowest BCUT2D eigenvalue weighted by atomic mass is 10.1. The lowest BCUT2D eigenvalue weighted by molar-refractivity contribution is -0.137. The van der Waals surface area contributed by atoms with E-state index in [-0.39, 0.29) is 11.6 Å². The molecular formula is C23H26F3N3O2. The van der Waals surface area contributed by atoms with Crippen molar-refractivity contribution in [3.05, 3.63) is 59.2 Å². The Morgan fingerprint density at radius 3 is 2.19 bits per heavy atom. The van der Waals surface area contributed by atoms with Crippen molar-refractivity contribution in [2.45, 2.75) is 45.3 Å². The Hall–Kier alpha value is -3.03. The van der Waals surface area contributed by atoms with Crippen LogP contribution in [-0.4, -0.2) is 24.9 Å². The molecule has 2 N–H and O–H groups in total. The van der Waals surface area contributed by atoms with Crippen LogP contribution in [0.5, 0.6) is 0 Å². The van der Waals surface area contributed by atoms with Gasteiger partial charge in [-0.2, -0.15) is 13.2 Å². The summed E-state index contributed by atoms with van der Waals surface area (Å²) in [6.45, 7) is 3.24. The maximum absolute atomic E-state index is 13.3. The lowest BCUT2D eigenvalue weighted by Crippen LogP contribution is -2.26. The average molecular weight is 433 g/mol. The van der Waals surface area contributed by atoms with Gasteiger partial charge in [0, 0.05) is 32.1 Å². The predicted molar refractivity (Wildman–Crippen MR) is 114 cm³/mol. The van der Waals surface area contributed by atoms with Crippen LogP contribution in [-0.2, 0) is 17.5 Å². The Balaban J connectivity index is 1.83. The fourth-order valence-electron chi connectivity index (χ4n) is 3.59. The molecule has 2 aromatic rings. The minimum absolute atomic E-state index is 0.157. The van der Waals surface area contributed by atoms with Gasteiger partial charge >= 0.3 is 6.18 Å². The number of nitrogens with zero attached hydrogens (tertiary/aromatic N) is 1. The third-order valence-corrected chi connectivity index (χ3v) is 5.28. The monoisotopic (exact) mass is 433 g/mol. The highest BCUT2D eigenvalue weighted by Gasteiger charge is 2.31. The molecular weight excluding hydrogens is 407 g/mol. The van der Waals surface area contributed by atoms with Crippen LogP contribution in [0.25, 0.3) is 0 Å². The second-order valence-corrected chi connectivity index (χ2v) is 7.69. The molecule has 0 bridgehead atoms. The minimum Gasteiger partial charge on any atom is -0.370 e. The SMILES string of the molecule is CC(=O)NCc1ccc(C(=O)Nc2cc(C(F)(F)F)ccc2N2CCCCCC2)cc1. The highest BCUT2D eigenvalue weighted by atomic mass is 19.4. The molecule has 0 spiro atoms. The Labute approximate surface area is 179 Å². The van der Waals surface area contributed by atoms with Gasteiger partial charge in [0.25, 0.3) is 5.91 Å². The fraction of sp³-hybridized carbons (Fsp3) is 0.391. The Kier molecular flexibility index (Phi) is 7.20. The van der Waals surface area contributed by atoms with Crippen molar-refractivity contribution in [3.63, 3.8) is 0 Å². The van der Waals surface area contributed by atoms with E-state index in [1.165, 1.54) is 13.0 Å². The fourth-order valence-corrected chi connectivity index (χ4v) is 3.59. The van der Waals surface area contributed by atoms with E-state index < -0.39 is 17.6 Å². The van der Waals surface area contributed by atoms with Crippen LogP contribution in [0, 0.1) is 0 Å². The van der Waals surface area contributed by atoms with Gasteiger partial charge in [-0.15, -0.1) is 0 Å². The Bertz CT molecular complexity index is 919. The van der Waals surface area contributed by atoms with E-state index in [2.05, 4.69) is 10.6 Å². The van der Waals surface area contributed by atoms with Crippen LogP contribution < -0.4 is 15.5 Å². The largest absolute Gasteiger partial charge is 0.416 e. The molecule has 8 heteroatoms. The number of halogens is 3. The zero-order chi connectivity index (χ0) is 22.4. The first-order valence-corrected chi connectivity index (χ1v) is 10.3. The number of alkyl halides is 3. The van der Waals surface area contributed by atoms with Crippen molar-refractivity contribution in [2.24, 2.45) is 0 Å². The van der Waals surface area contributed by atoms with Crippen LogP contribution in [0.2, 0.25) is 0 Å². The summed E-state index contributed by atoms with van der Waals surface area (Å²) in [5.41, 5.74) is 1.10. The molecule has 1 saturated heterocycles. The maximum Gasteiger partial charge on any atom is 0.416 e. The number of anilines is 2. The molecule has 2 amide bonds. The Morgan fingerprint density at radius 2 is 1.61 bits per heavy atom. The molecule has 0 unspecified atom stereocenters. The van der Waals surface area contributed by atoms with E-state index in [1.54, 1.807) is 24.3 Å². The quantitative estimate of drug-likeness (QED) is 0.700. The molecule has 1 heterocycles. The standard InChI is InChI=1S/C23H26F3N3O2/c1-16(30)27-15-17-6-8-18(9-7-17)22(31)28-20-14-19(23(24,25)26)10-11-21(20)29-12-4-2-3-5-13-29/h6-11,14H,2-5,12-13,15H2,1H3,(H,27,30)(H,28,31). The van der Waals surface area contributed by atoms with Gasteiger partial charge in [0.15, 0.2) is 0 Å². The molecule has 2 aromatic carbocycles. The van der Waals surface area contributed by atoms with Gasteiger partial charge in [-0.1, -0.05) is 25.0 Å². The summed E-state index contributed by atoms with van der Waals surface area (Å²) in [6, 6.07) is 10.1. The summed E-state index contributed by atoms with van der Waals surface area (Å²) in [5.74, 6) is -0.645. The predicted octanol–water partition coefficient (Wildman–Crippen LogP) is 4.97. The topological polar surface area (TPSA) is 61.4 Å². The van der Waals surface area contributed by atoms with Crippen molar-refractivity contribution in [3.8, 4) is 0 Å². The number of carbonyl (C=O) groups is 2. The number of carbonyl (C=O) groups excluding carboxylic acids is 2. The molecule has 0 aliphatic carbocycles. The van der Waals surface area contributed by atoms with E-state index in [0.29, 0.717) is 17.8 Å². The molecule has 0 saturated carbocycles. The second-order valence-electron chi connectivity index (χ2n) is 7.69. The Morgan fingerprint density at radius 1 is 0.968 bits per heavy atom. The first-order valence-electron chi connectivity index (χ1n) is 10.3. The molecule has 0 radical (unpaired) electrons. The maximum atomic E-state index is 13.3. The zero-order valence-electron chi connectivity index (χ0n) is 17.4. The third kappa shape index (κ3) is 6.23. The van der Waals surface area contributed by atoms with Gasteiger partial charge in [-0.25, -0.2) is 0 Å². The summed E-state index contributed by atoms with van der Waals surface area (Å²) >= 11 is 0. The first kappa shape index (κ1) is 22.7. The van der Waals surface area contributed by atoms with Crippen molar-refractivity contribution < 1.29 is 22.8 Å². The molecule has 166 valence electrons. The summed E-state index contributed by atoms with van der Waals surface area (Å²) in [6.07, 6.45) is -0.399. The van der Waals surface area contributed by atoms with Crippen LogP contribution in [0.3, 0.4) is 0 Å². The minimum atomic E-state index is -4.50. The molecule has 3 rings (SSSR count). The number of nitrogens with one attached hydrogen (secondary N) is 2. The molecule has 0 atom stereocenters. The van der Waals surface area contributed by atoms with Gasteiger partial charge in [0.2, 0.25) is 5.91 Å². The number of hydrogen-bond acceptors (Lipinski definition) is 3. The van der Waals surface area contributed by atoms with Crippen molar-refractivity contribution >= 4 is 23.2 Å². The molecule has 5 nitrogen and oxygen atoms in total. The molecule has 1 aliphatic heterocycles. The third-order valence-electron chi connectivity index (χ3n) is 5.28. The lowest BCUT2D eigenvalue weighted by Gasteiger charge is -2.26. The van der Waals surface area contributed by atoms with Crippen LogP contribution in [0.4, 0.5) is 24.5 Å². The van der Waals surface area contributed by atoms with Crippen molar-refractivity contribution in [2.75, 3.05) is 23.3 Å². The van der Waals surface area contributed by atoms with Gasteiger partial charge in [0.1, 0.15) is 0 Å². The van der Waals surface area contributed by atoms with E-state index in [0.717, 1.165) is 56.5 Å². The van der Waals surface area contributed by atoms with Gasteiger partial charge < -0.3 is 15.5 Å². The van der Waals surface area contributed by atoms with E-state index >= 15 is 0 Å². The van der Waals surface area contributed by atoms with Crippen LogP contribution in [0.15, 0.2) is 42.5 Å². The smallest absolute Gasteiger partial charge is 0.370 e. The van der Waals surface area contributed by atoms with E-state index in [9.17, 15) is 22.8 Å². The molecule has 1 aliphatic rings. The van der Waals surface area contributed by atoms with Crippen LogP contribution >= 0.6 is 0 Å². The first-order chi connectivity index (χ1) is 14.7. The highest BCUT2D eigenvalue weighted by Crippen LogP contribution is 2.36. The number of amides is 2. The van der Waals surface area contributed by atoms with E-state index in [4.69, 9.17) is 0 Å².